The summed E-state index contributed by atoms with van der Waals surface area (Å²) >= 11 is 1.73. The molecule has 1 aromatic carbocycles. The first-order valence-electron chi connectivity index (χ1n) is 9.99. The number of rotatable bonds is 8. The number of hydrogen-bond donors (Lipinski definition) is 2. The van der Waals surface area contributed by atoms with Crippen LogP contribution in [-0.2, 0) is 11.2 Å². The van der Waals surface area contributed by atoms with Crippen LogP contribution < -0.4 is 0 Å². The van der Waals surface area contributed by atoms with Crippen molar-refractivity contribution in [3.8, 4) is 0 Å². The van der Waals surface area contributed by atoms with E-state index in [1.54, 1.807) is 11.3 Å². The average molecular weight is 391 g/mol. The molecule has 2 atom stereocenters. The van der Waals surface area contributed by atoms with Crippen LogP contribution in [0.5, 0.6) is 0 Å². The van der Waals surface area contributed by atoms with Crippen LogP contribution in [0, 0.1) is 5.41 Å². The zero-order valence-corrected chi connectivity index (χ0v) is 16.9. The molecule has 27 heavy (non-hydrogen) atoms. The quantitative estimate of drug-likeness (QED) is 0.678. The molecule has 0 unspecified atom stereocenters. The molecule has 0 bridgehead atoms. The number of amides is 1. The molecule has 0 spiro atoms. The third-order valence-electron chi connectivity index (χ3n) is 5.67. The van der Waals surface area contributed by atoms with Gasteiger partial charge in [-0.1, -0.05) is 25.5 Å². The highest BCUT2D eigenvalue weighted by molar-refractivity contribution is 7.18. The number of unbranched alkanes of at least 4 members (excludes halogenated alkanes) is 1. The first-order chi connectivity index (χ1) is 13.1. The molecular formula is C21H30N2O3S. The molecular weight excluding hydrogens is 360 g/mol. The van der Waals surface area contributed by atoms with E-state index < -0.39 is 11.5 Å². The number of likely N-dealkylation sites (tertiary alicyclic amines) is 1. The Hall–Kier alpha value is -1.50. The summed E-state index contributed by atoms with van der Waals surface area (Å²) in [4.78, 5) is 19.1. The first kappa shape index (κ1) is 20.2. The van der Waals surface area contributed by atoms with Crippen LogP contribution in [0.1, 0.15) is 50.5 Å². The SMILES string of the molecule is CCC[C@@]1(CO)CN(C(=O)CCCCc2nc3ccccc3s2)CC[C@H]1O. The molecule has 6 heteroatoms. The van der Waals surface area contributed by atoms with Crippen molar-refractivity contribution in [2.75, 3.05) is 19.7 Å². The van der Waals surface area contributed by atoms with E-state index in [1.165, 1.54) is 4.70 Å². The number of aliphatic hydroxyl groups excluding tert-OH is 2. The summed E-state index contributed by atoms with van der Waals surface area (Å²) in [7, 11) is 0. The van der Waals surface area contributed by atoms with Crippen LogP contribution in [0.4, 0.5) is 0 Å². The number of aromatic nitrogens is 1. The molecule has 3 rings (SSSR count). The fraction of sp³-hybridized carbons (Fsp3) is 0.619. The van der Waals surface area contributed by atoms with Crippen molar-refractivity contribution in [3.05, 3.63) is 29.3 Å². The van der Waals surface area contributed by atoms with Gasteiger partial charge in [-0.05, 0) is 44.2 Å². The Labute approximate surface area is 165 Å². The summed E-state index contributed by atoms with van der Waals surface area (Å²) < 4.78 is 1.21. The molecule has 0 saturated carbocycles. The average Bonchev–Trinajstić information content (AvgIpc) is 3.10. The molecule has 148 valence electrons. The largest absolute Gasteiger partial charge is 0.396 e. The van der Waals surface area contributed by atoms with Gasteiger partial charge in [-0.2, -0.15) is 0 Å². The minimum Gasteiger partial charge on any atom is -0.396 e. The van der Waals surface area contributed by atoms with Crippen LogP contribution in [0.3, 0.4) is 0 Å². The fourth-order valence-electron chi connectivity index (χ4n) is 4.08. The lowest BCUT2D eigenvalue weighted by Gasteiger charge is -2.45. The first-order valence-corrected chi connectivity index (χ1v) is 10.8. The molecule has 1 saturated heterocycles. The maximum Gasteiger partial charge on any atom is 0.222 e. The third kappa shape index (κ3) is 4.68. The Morgan fingerprint density at radius 2 is 2.19 bits per heavy atom. The summed E-state index contributed by atoms with van der Waals surface area (Å²) in [5.74, 6) is 0.139. The van der Waals surface area contributed by atoms with Crippen molar-refractivity contribution in [2.45, 2.75) is 58.0 Å². The molecule has 2 N–H and O–H groups in total. The second kappa shape index (κ2) is 9.13. The van der Waals surface area contributed by atoms with Crippen molar-refractivity contribution in [2.24, 2.45) is 5.41 Å². The number of carbonyl (C=O) groups is 1. The summed E-state index contributed by atoms with van der Waals surface area (Å²) in [6.45, 7) is 3.04. The van der Waals surface area contributed by atoms with Crippen LogP contribution in [0.2, 0.25) is 0 Å². The normalized spacial score (nSPS) is 23.1. The predicted molar refractivity (Wildman–Crippen MR) is 109 cm³/mol. The van der Waals surface area contributed by atoms with Gasteiger partial charge in [-0.25, -0.2) is 4.98 Å². The molecule has 0 aliphatic carbocycles. The molecule has 2 heterocycles. The van der Waals surface area contributed by atoms with Gasteiger partial charge >= 0.3 is 0 Å². The van der Waals surface area contributed by atoms with Gasteiger partial charge in [0.25, 0.3) is 0 Å². The summed E-state index contributed by atoms with van der Waals surface area (Å²) in [5, 5.41) is 21.3. The lowest BCUT2D eigenvalue weighted by Crippen LogP contribution is -2.55. The number of carbonyl (C=O) groups excluding carboxylic acids is 1. The van der Waals surface area contributed by atoms with E-state index in [-0.39, 0.29) is 12.5 Å². The number of piperidine rings is 1. The van der Waals surface area contributed by atoms with Crippen LogP contribution >= 0.6 is 11.3 Å². The summed E-state index contributed by atoms with van der Waals surface area (Å²) in [6, 6.07) is 8.16. The highest BCUT2D eigenvalue weighted by Gasteiger charge is 2.42. The Kier molecular flexibility index (Phi) is 6.84. The number of fused-ring (bicyclic) bond motifs is 1. The highest BCUT2D eigenvalue weighted by Crippen LogP contribution is 2.35. The Morgan fingerprint density at radius 1 is 1.37 bits per heavy atom. The monoisotopic (exact) mass is 390 g/mol. The molecule has 0 radical (unpaired) electrons. The van der Waals surface area contributed by atoms with Gasteiger partial charge in [0, 0.05) is 24.9 Å². The smallest absolute Gasteiger partial charge is 0.222 e. The zero-order valence-electron chi connectivity index (χ0n) is 16.1. The van der Waals surface area contributed by atoms with E-state index in [0.717, 1.165) is 42.6 Å². The zero-order chi connectivity index (χ0) is 19.3. The van der Waals surface area contributed by atoms with Gasteiger partial charge in [0.1, 0.15) is 0 Å². The van der Waals surface area contributed by atoms with E-state index >= 15 is 0 Å². The van der Waals surface area contributed by atoms with E-state index in [1.807, 2.05) is 30.0 Å². The van der Waals surface area contributed by atoms with Crippen molar-refractivity contribution in [1.82, 2.24) is 9.88 Å². The number of aryl methyl sites for hydroxylation is 1. The Balaban J connectivity index is 1.47. The van der Waals surface area contributed by atoms with E-state index in [9.17, 15) is 15.0 Å². The number of aliphatic hydroxyl groups is 2. The third-order valence-corrected chi connectivity index (χ3v) is 6.77. The second-order valence-corrected chi connectivity index (χ2v) is 8.79. The fourth-order valence-corrected chi connectivity index (χ4v) is 5.09. The van der Waals surface area contributed by atoms with Gasteiger partial charge in [0.05, 0.1) is 27.9 Å². The van der Waals surface area contributed by atoms with Gasteiger partial charge in [-0.15, -0.1) is 11.3 Å². The van der Waals surface area contributed by atoms with Crippen molar-refractivity contribution in [1.29, 1.82) is 0 Å². The number of thiazole rings is 1. The molecule has 1 fully saturated rings. The maximum atomic E-state index is 12.6. The lowest BCUT2D eigenvalue weighted by atomic mass is 9.74. The maximum absolute atomic E-state index is 12.6. The molecule has 1 aliphatic heterocycles. The van der Waals surface area contributed by atoms with Crippen molar-refractivity contribution < 1.29 is 15.0 Å². The van der Waals surface area contributed by atoms with Gasteiger partial charge in [-0.3, -0.25) is 4.79 Å². The topological polar surface area (TPSA) is 73.7 Å². The van der Waals surface area contributed by atoms with E-state index in [0.29, 0.717) is 25.9 Å². The highest BCUT2D eigenvalue weighted by atomic mass is 32.1. The molecule has 2 aromatic rings. The second-order valence-electron chi connectivity index (χ2n) is 7.67. The van der Waals surface area contributed by atoms with Gasteiger partial charge < -0.3 is 15.1 Å². The van der Waals surface area contributed by atoms with Gasteiger partial charge in [0.2, 0.25) is 5.91 Å². The number of para-hydroxylation sites is 1. The van der Waals surface area contributed by atoms with E-state index in [4.69, 9.17) is 0 Å². The molecule has 1 amide bonds. The van der Waals surface area contributed by atoms with E-state index in [2.05, 4.69) is 11.1 Å². The Bertz CT molecular complexity index is 730. The van der Waals surface area contributed by atoms with Crippen LogP contribution in [0.25, 0.3) is 10.2 Å². The Morgan fingerprint density at radius 3 is 2.93 bits per heavy atom. The predicted octanol–water partition coefficient (Wildman–Crippen LogP) is 3.38. The minimum absolute atomic E-state index is 0.0661. The molecule has 1 aliphatic rings. The molecule has 1 aromatic heterocycles. The van der Waals surface area contributed by atoms with Gasteiger partial charge in [0.15, 0.2) is 0 Å². The van der Waals surface area contributed by atoms with Crippen LogP contribution in [0.15, 0.2) is 24.3 Å². The number of hydrogen-bond acceptors (Lipinski definition) is 5. The van der Waals surface area contributed by atoms with Crippen molar-refractivity contribution in [3.63, 3.8) is 0 Å². The number of benzene rings is 1. The lowest BCUT2D eigenvalue weighted by molar-refractivity contribution is -0.142. The van der Waals surface area contributed by atoms with Crippen LogP contribution in [-0.4, -0.2) is 51.8 Å². The summed E-state index contributed by atoms with van der Waals surface area (Å²) in [6.07, 6.45) is 4.88. The minimum atomic E-state index is -0.552. The molecule has 5 nitrogen and oxygen atoms in total. The standard InChI is InChI=1S/C21H30N2O3S/c1-2-12-21(15-24)14-23(13-11-18(21)25)20(26)10-6-5-9-19-22-16-7-3-4-8-17(16)27-19/h3-4,7-8,18,24-25H,2,5-6,9-15H2,1H3/t18-,21+/m1/s1. The van der Waals surface area contributed by atoms with Crippen molar-refractivity contribution >= 4 is 27.5 Å². The summed E-state index contributed by atoms with van der Waals surface area (Å²) in [5.41, 5.74) is 0.501. The number of nitrogens with zero attached hydrogens (tertiary/aromatic N) is 2.